The standard InChI is InChI=1S/C17H19FN8O2/c1-3-14(27)25-8-12(18)13(9-25)28-16-11-6-19-24-15(11)22-17(23-16)21-10-5-20-26(4-2)7-10/h3,5-7,12-13H,1,4,8-9H2,2H3,(H2,19,21,22,23,24)/t12-,13+/m1/s1. The van der Waals surface area contributed by atoms with E-state index in [9.17, 15) is 9.18 Å². The summed E-state index contributed by atoms with van der Waals surface area (Å²) in [5, 5.41) is 14.5. The van der Waals surface area contributed by atoms with Gasteiger partial charge < -0.3 is 15.0 Å². The maximum Gasteiger partial charge on any atom is 0.246 e. The van der Waals surface area contributed by atoms with Gasteiger partial charge in [-0.05, 0) is 13.0 Å². The van der Waals surface area contributed by atoms with E-state index in [-0.39, 0.29) is 30.8 Å². The number of aromatic nitrogens is 6. The zero-order valence-corrected chi connectivity index (χ0v) is 15.2. The Labute approximate surface area is 159 Å². The van der Waals surface area contributed by atoms with Crippen LogP contribution < -0.4 is 10.1 Å². The number of amides is 1. The largest absolute Gasteiger partial charge is 0.469 e. The maximum absolute atomic E-state index is 14.4. The second kappa shape index (κ2) is 7.25. The van der Waals surface area contributed by atoms with Gasteiger partial charge in [-0.1, -0.05) is 6.58 Å². The number of nitrogens with zero attached hydrogens (tertiary/aromatic N) is 6. The number of nitrogens with one attached hydrogen (secondary N) is 2. The molecule has 0 unspecified atom stereocenters. The molecule has 1 fully saturated rings. The van der Waals surface area contributed by atoms with Crippen LogP contribution in [0.25, 0.3) is 11.0 Å². The molecule has 1 aliphatic heterocycles. The Kier molecular flexibility index (Phi) is 4.63. The van der Waals surface area contributed by atoms with Crippen molar-refractivity contribution in [1.29, 1.82) is 0 Å². The average molecular weight is 386 g/mol. The molecule has 0 spiro atoms. The Morgan fingerprint density at radius 1 is 1.46 bits per heavy atom. The molecule has 10 nitrogen and oxygen atoms in total. The number of aromatic amines is 1. The summed E-state index contributed by atoms with van der Waals surface area (Å²) >= 11 is 0. The van der Waals surface area contributed by atoms with Crippen molar-refractivity contribution in [2.24, 2.45) is 0 Å². The predicted octanol–water partition coefficient (Wildman–Crippen LogP) is 1.43. The molecule has 0 aliphatic carbocycles. The van der Waals surface area contributed by atoms with Gasteiger partial charge in [0.05, 0.1) is 31.2 Å². The smallest absolute Gasteiger partial charge is 0.246 e. The topological polar surface area (TPSA) is 114 Å². The first-order chi connectivity index (χ1) is 13.6. The summed E-state index contributed by atoms with van der Waals surface area (Å²) in [7, 11) is 0. The molecule has 2 N–H and O–H groups in total. The lowest BCUT2D eigenvalue weighted by Crippen LogP contribution is -2.30. The van der Waals surface area contributed by atoms with E-state index in [0.29, 0.717) is 16.7 Å². The number of alkyl halides is 1. The van der Waals surface area contributed by atoms with Crippen LogP contribution in [-0.2, 0) is 11.3 Å². The number of hydrogen-bond acceptors (Lipinski definition) is 7. The summed E-state index contributed by atoms with van der Waals surface area (Å²) in [6, 6.07) is 0. The second-order valence-corrected chi connectivity index (χ2v) is 6.31. The monoisotopic (exact) mass is 386 g/mol. The first-order valence-electron chi connectivity index (χ1n) is 8.80. The van der Waals surface area contributed by atoms with Crippen LogP contribution in [-0.4, -0.2) is 66.1 Å². The number of fused-ring (bicyclic) bond motifs is 1. The highest BCUT2D eigenvalue weighted by atomic mass is 19.1. The lowest BCUT2D eigenvalue weighted by atomic mass is 10.3. The molecule has 4 heterocycles. The number of anilines is 2. The number of halogens is 1. The number of likely N-dealkylation sites (tertiary alicyclic amines) is 1. The third kappa shape index (κ3) is 3.38. The summed E-state index contributed by atoms with van der Waals surface area (Å²) < 4.78 is 22.0. The van der Waals surface area contributed by atoms with Crippen LogP contribution >= 0.6 is 0 Å². The van der Waals surface area contributed by atoms with Gasteiger partial charge in [-0.25, -0.2) is 4.39 Å². The minimum Gasteiger partial charge on any atom is -0.469 e. The average Bonchev–Trinajstić information content (AvgIpc) is 3.42. The quantitative estimate of drug-likeness (QED) is 0.616. The Morgan fingerprint density at radius 2 is 2.32 bits per heavy atom. The van der Waals surface area contributed by atoms with E-state index < -0.39 is 12.3 Å². The molecule has 0 radical (unpaired) electrons. The normalized spacial score (nSPS) is 19.1. The second-order valence-electron chi connectivity index (χ2n) is 6.31. The van der Waals surface area contributed by atoms with E-state index in [2.05, 4.69) is 37.2 Å². The lowest BCUT2D eigenvalue weighted by molar-refractivity contribution is -0.125. The fraction of sp³-hybridized carbons (Fsp3) is 0.353. The zero-order valence-electron chi connectivity index (χ0n) is 15.2. The van der Waals surface area contributed by atoms with Crippen molar-refractivity contribution in [3.63, 3.8) is 0 Å². The van der Waals surface area contributed by atoms with E-state index in [4.69, 9.17) is 4.74 Å². The molecule has 1 amide bonds. The first kappa shape index (κ1) is 17.9. The van der Waals surface area contributed by atoms with Crippen molar-refractivity contribution in [3.05, 3.63) is 31.2 Å². The first-order valence-corrected chi connectivity index (χ1v) is 8.80. The highest BCUT2D eigenvalue weighted by molar-refractivity contribution is 5.87. The molecule has 2 atom stereocenters. The van der Waals surface area contributed by atoms with Gasteiger partial charge in [0.2, 0.25) is 17.7 Å². The van der Waals surface area contributed by atoms with Gasteiger partial charge in [0.25, 0.3) is 0 Å². The number of ether oxygens (including phenoxy) is 1. The van der Waals surface area contributed by atoms with Crippen LogP contribution in [0.5, 0.6) is 5.88 Å². The number of hydrogen-bond donors (Lipinski definition) is 2. The highest BCUT2D eigenvalue weighted by Gasteiger charge is 2.37. The van der Waals surface area contributed by atoms with Gasteiger partial charge >= 0.3 is 0 Å². The molecule has 0 saturated carbocycles. The molecular weight excluding hydrogens is 367 g/mol. The van der Waals surface area contributed by atoms with Crippen molar-refractivity contribution >= 4 is 28.6 Å². The molecule has 1 aliphatic rings. The molecule has 1 saturated heterocycles. The number of carbonyl (C=O) groups is 1. The molecule has 28 heavy (non-hydrogen) atoms. The van der Waals surface area contributed by atoms with E-state index in [0.717, 1.165) is 12.6 Å². The fourth-order valence-electron chi connectivity index (χ4n) is 2.98. The number of aryl methyl sites for hydroxylation is 1. The Bertz CT molecular complexity index is 1020. The van der Waals surface area contributed by atoms with E-state index >= 15 is 0 Å². The van der Waals surface area contributed by atoms with Crippen LogP contribution in [0.15, 0.2) is 31.2 Å². The van der Waals surface area contributed by atoms with Gasteiger partial charge in [-0.15, -0.1) is 0 Å². The molecule has 3 aromatic heterocycles. The summed E-state index contributed by atoms with van der Waals surface area (Å²) in [6.45, 7) is 6.21. The molecule has 3 aromatic rings. The van der Waals surface area contributed by atoms with Gasteiger partial charge in [-0.2, -0.15) is 20.2 Å². The molecule has 0 bridgehead atoms. The maximum atomic E-state index is 14.4. The van der Waals surface area contributed by atoms with Crippen LogP contribution in [0.3, 0.4) is 0 Å². The highest BCUT2D eigenvalue weighted by Crippen LogP contribution is 2.27. The van der Waals surface area contributed by atoms with E-state index in [1.165, 1.54) is 11.1 Å². The van der Waals surface area contributed by atoms with Crippen molar-refractivity contribution in [2.45, 2.75) is 25.7 Å². The number of H-pyrrole nitrogens is 1. The van der Waals surface area contributed by atoms with Gasteiger partial charge in [0.1, 0.15) is 5.39 Å². The lowest BCUT2D eigenvalue weighted by Gasteiger charge is -2.16. The summed E-state index contributed by atoms with van der Waals surface area (Å²) in [5.74, 6) is 0.111. The summed E-state index contributed by atoms with van der Waals surface area (Å²) in [6.07, 6.45) is 3.96. The van der Waals surface area contributed by atoms with Crippen LogP contribution in [0.1, 0.15) is 6.92 Å². The van der Waals surface area contributed by atoms with E-state index in [1.807, 2.05) is 13.1 Å². The minimum atomic E-state index is -1.33. The van der Waals surface area contributed by atoms with Crippen molar-refractivity contribution in [2.75, 3.05) is 18.4 Å². The van der Waals surface area contributed by atoms with Crippen LogP contribution in [0.2, 0.25) is 0 Å². The molecular formula is C17H19FN8O2. The molecule has 11 heteroatoms. The SMILES string of the molecule is C=CC(=O)N1C[C@@H](F)[C@@H](Oc2nc(Nc3cnn(CC)c3)nc3[nH]ncc23)C1. The van der Waals surface area contributed by atoms with Crippen molar-refractivity contribution in [1.82, 2.24) is 34.8 Å². The molecule has 146 valence electrons. The number of carbonyl (C=O) groups excluding carboxylic acids is 1. The Hall–Kier alpha value is -3.50. The Morgan fingerprint density at radius 3 is 3.07 bits per heavy atom. The fourth-order valence-corrected chi connectivity index (χ4v) is 2.98. The third-order valence-corrected chi connectivity index (χ3v) is 4.44. The molecule has 4 rings (SSSR count). The summed E-state index contributed by atoms with van der Waals surface area (Å²) in [5.41, 5.74) is 1.15. The third-order valence-electron chi connectivity index (χ3n) is 4.44. The van der Waals surface area contributed by atoms with Crippen molar-refractivity contribution in [3.8, 4) is 5.88 Å². The molecule has 0 aromatic carbocycles. The zero-order chi connectivity index (χ0) is 19.7. The predicted molar refractivity (Wildman–Crippen MR) is 99.0 cm³/mol. The van der Waals surface area contributed by atoms with Crippen LogP contribution in [0, 0.1) is 0 Å². The van der Waals surface area contributed by atoms with Gasteiger partial charge in [-0.3, -0.25) is 14.6 Å². The van der Waals surface area contributed by atoms with Crippen LogP contribution in [0.4, 0.5) is 16.0 Å². The van der Waals surface area contributed by atoms with Gasteiger partial charge in [0.15, 0.2) is 17.9 Å². The summed E-state index contributed by atoms with van der Waals surface area (Å²) in [4.78, 5) is 21.8. The van der Waals surface area contributed by atoms with Gasteiger partial charge in [0, 0.05) is 12.7 Å². The Balaban J connectivity index is 1.58. The van der Waals surface area contributed by atoms with E-state index in [1.54, 1.807) is 10.9 Å². The number of rotatable bonds is 6. The van der Waals surface area contributed by atoms with Crippen molar-refractivity contribution < 1.29 is 13.9 Å². The minimum absolute atomic E-state index is 0.0452.